The molecule has 2 atom stereocenters. The van der Waals surface area contributed by atoms with E-state index in [2.05, 4.69) is 0 Å². The molecule has 0 aromatic heterocycles. The summed E-state index contributed by atoms with van der Waals surface area (Å²) < 4.78 is 16.2. The smallest absolute Gasteiger partial charge is 0.335 e. The van der Waals surface area contributed by atoms with Gasteiger partial charge in [-0.1, -0.05) is 30.3 Å². The third kappa shape index (κ3) is 5.24. The Labute approximate surface area is 130 Å². The number of ether oxygens (including phenoxy) is 3. The number of rotatable bonds is 7. The fourth-order valence-electron chi connectivity index (χ4n) is 2.40. The maximum atomic E-state index is 11.7. The van der Waals surface area contributed by atoms with E-state index in [4.69, 9.17) is 14.2 Å². The maximum absolute atomic E-state index is 11.7. The van der Waals surface area contributed by atoms with E-state index in [1.54, 1.807) is 6.92 Å². The number of carbonyl (C=O) groups excluding carboxylic acids is 2. The van der Waals surface area contributed by atoms with Crippen molar-refractivity contribution < 1.29 is 23.8 Å². The molecule has 1 aliphatic rings. The third-order valence-electron chi connectivity index (χ3n) is 3.47. The second-order valence-electron chi connectivity index (χ2n) is 5.27. The van der Waals surface area contributed by atoms with Crippen LogP contribution in [0.1, 0.15) is 31.7 Å². The maximum Gasteiger partial charge on any atom is 0.335 e. The van der Waals surface area contributed by atoms with Crippen molar-refractivity contribution in [2.75, 3.05) is 13.2 Å². The highest BCUT2D eigenvalue weighted by Gasteiger charge is 2.33. The lowest BCUT2D eigenvalue weighted by Gasteiger charge is -2.27. The fourth-order valence-corrected chi connectivity index (χ4v) is 2.40. The zero-order chi connectivity index (χ0) is 15.8. The first-order valence-electron chi connectivity index (χ1n) is 7.64. The largest absolute Gasteiger partial charge is 0.464 e. The van der Waals surface area contributed by atoms with Gasteiger partial charge in [0.15, 0.2) is 6.10 Å². The van der Waals surface area contributed by atoms with Crippen molar-refractivity contribution in [1.82, 2.24) is 0 Å². The second kappa shape index (κ2) is 8.66. The molecule has 1 aromatic carbocycles. The summed E-state index contributed by atoms with van der Waals surface area (Å²) >= 11 is 0. The van der Waals surface area contributed by atoms with Crippen LogP contribution in [0.15, 0.2) is 30.3 Å². The summed E-state index contributed by atoms with van der Waals surface area (Å²) in [6.07, 6.45) is 0.00554. The van der Waals surface area contributed by atoms with E-state index < -0.39 is 12.1 Å². The van der Waals surface area contributed by atoms with Gasteiger partial charge in [-0.2, -0.15) is 0 Å². The normalized spacial score (nSPS) is 21.6. The van der Waals surface area contributed by atoms with E-state index in [1.807, 2.05) is 30.3 Å². The molecule has 0 radical (unpaired) electrons. The summed E-state index contributed by atoms with van der Waals surface area (Å²) in [5, 5.41) is 0. The molecule has 1 saturated heterocycles. The Morgan fingerprint density at radius 3 is 2.77 bits per heavy atom. The third-order valence-corrected chi connectivity index (χ3v) is 3.47. The van der Waals surface area contributed by atoms with Gasteiger partial charge >= 0.3 is 5.97 Å². The van der Waals surface area contributed by atoms with E-state index in [-0.39, 0.29) is 24.9 Å². The van der Waals surface area contributed by atoms with Crippen LogP contribution >= 0.6 is 0 Å². The van der Waals surface area contributed by atoms with Gasteiger partial charge in [-0.05, 0) is 18.9 Å². The number of benzene rings is 1. The first-order chi connectivity index (χ1) is 10.7. The molecule has 0 aliphatic carbocycles. The van der Waals surface area contributed by atoms with E-state index in [1.165, 1.54) is 0 Å². The predicted molar refractivity (Wildman–Crippen MR) is 80.3 cm³/mol. The van der Waals surface area contributed by atoms with Crippen molar-refractivity contribution in [3.8, 4) is 0 Å². The number of hydrogen-bond acceptors (Lipinski definition) is 5. The molecular weight excluding hydrogens is 284 g/mol. The first kappa shape index (κ1) is 16.6. The van der Waals surface area contributed by atoms with Crippen LogP contribution in [-0.4, -0.2) is 37.2 Å². The number of Topliss-reactive ketones (excluding diaryl/α,β-unsaturated/α-hetero) is 1. The molecule has 0 amide bonds. The van der Waals surface area contributed by atoms with Crippen LogP contribution in [0.4, 0.5) is 0 Å². The lowest BCUT2D eigenvalue weighted by atomic mass is 10.0. The molecule has 0 N–H and O–H groups in total. The quantitative estimate of drug-likeness (QED) is 0.571. The minimum Gasteiger partial charge on any atom is -0.464 e. The molecule has 0 saturated carbocycles. The average Bonchev–Trinajstić information content (AvgIpc) is 2.52. The van der Waals surface area contributed by atoms with Gasteiger partial charge in [0.1, 0.15) is 5.78 Å². The van der Waals surface area contributed by atoms with Crippen LogP contribution in [0.3, 0.4) is 0 Å². The Bertz CT molecular complexity index is 485. The molecular formula is C17H22O5. The lowest BCUT2D eigenvalue weighted by Crippen LogP contribution is -2.39. The van der Waals surface area contributed by atoms with Crippen molar-refractivity contribution >= 4 is 11.8 Å². The molecule has 0 bridgehead atoms. The molecule has 5 heteroatoms. The van der Waals surface area contributed by atoms with Crippen LogP contribution in [0.2, 0.25) is 0 Å². The molecule has 1 heterocycles. The van der Waals surface area contributed by atoms with Crippen molar-refractivity contribution in [3.63, 3.8) is 0 Å². The van der Waals surface area contributed by atoms with Crippen LogP contribution in [-0.2, 0) is 30.4 Å². The summed E-state index contributed by atoms with van der Waals surface area (Å²) in [6, 6.07) is 9.88. The monoisotopic (exact) mass is 306 g/mol. The van der Waals surface area contributed by atoms with E-state index >= 15 is 0 Å². The number of carbonyl (C=O) groups is 2. The minimum atomic E-state index is -0.764. The van der Waals surface area contributed by atoms with Crippen LogP contribution < -0.4 is 0 Å². The van der Waals surface area contributed by atoms with E-state index in [0.29, 0.717) is 26.1 Å². The van der Waals surface area contributed by atoms with Crippen LogP contribution in [0, 0.1) is 0 Å². The standard InChI is InChI=1S/C17H22O5/c1-2-21-17(19)16-11-14(18)10-15(22-16)8-9-20-12-13-6-4-3-5-7-13/h3-7,15-16H,2,8-12H2,1H3/t15-,16-/m1/s1. The highest BCUT2D eigenvalue weighted by molar-refractivity contribution is 5.87. The Morgan fingerprint density at radius 2 is 2.05 bits per heavy atom. The van der Waals surface area contributed by atoms with Crippen molar-refractivity contribution in [3.05, 3.63) is 35.9 Å². The van der Waals surface area contributed by atoms with Gasteiger partial charge < -0.3 is 14.2 Å². The topological polar surface area (TPSA) is 61.8 Å². The zero-order valence-corrected chi connectivity index (χ0v) is 12.8. The Kier molecular flexibility index (Phi) is 6.55. The predicted octanol–water partition coefficient (Wildman–Crippen LogP) is 2.27. The van der Waals surface area contributed by atoms with Gasteiger partial charge in [0, 0.05) is 19.4 Å². The molecule has 22 heavy (non-hydrogen) atoms. The zero-order valence-electron chi connectivity index (χ0n) is 12.8. The number of hydrogen-bond donors (Lipinski definition) is 0. The van der Waals surface area contributed by atoms with E-state index in [0.717, 1.165) is 5.56 Å². The molecule has 1 aromatic rings. The van der Waals surface area contributed by atoms with E-state index in [9.17, 15) is 9.59 Å². The van der Waals surface area contributed by atoms with Crippen LogP contribution in [0.25, 0.3) is 0 Å². The van der Waals surface area contributed by atoms with Gasteiger partial charge in [-0.25, -0.2) is 4.79 Å². The average molecular weight is 306 g/mol. The minimum absolute atomic E-state index is 0.0392. The highest BCUT2D eigenvalue weighted by Crippen LogP contribution is 2.20. The van der Waals surface area contributed by atoms with Gasteiger partial charge in [0.2, 0.25) is 0 Å². The summed E-state index contributed by atoms with van der Waals surface area (Å²) in [6.45, 7) is 3.04. The second-order valence-corrected chi connectivity index (χ2v) is 5.27. The molecule has 120 valence electrons. The Hall–Kier alpha value is -1.72. The molecule has 0 spiro atoms. The molecule has 1 fully saturated rings. The summed E-state index contributed by atoms with van der Waals surface area (Å²) in [4.78, 5) is 23.4. The van der Waals surface area contributed by atoms with Gasteiger partial charge in [0.25, 0.3) is 0 Å². The molecule has 2 rings (SSSR count). The Balaban J connectivity index is 1.72. The van der Waals surface area contributed by atoms with Gasteiger partial charge in [-0.15, -0.1) is 0 Å². The number of esters is 1. The summed E-state index contributed by atoms with van der Waals surface area (Å²) in [5.74, 6) is -0.414. The SMILES string of the molecule is CCOC(=O)[C@H]1CC(=O)C[C@@H](CCOCc2ccccc2)O1. The van der Waals surface area contributed by atoms with Crippen molar-refractivity contribution in [2.45, 2.75) is 45.0 Å². The van der Waals surface area contributed by atoms with Crippen molar-refractivity contribution in [1.29, 1.82) is 0 Å². The van der Waals surface area contributed by atoms with Gasteiger partial charge in [0.05, 0.1) is 19.3 Å². The lowest BCUT2D eigenvalue weighted by molar-refractivity contribution is -0.169. The van der Waals surface area contributed by atoms with Crippen LogP contribution in [0.5, 0.6) is 0 Å². The first-order valence-corrected chi connectivity index (χ1v) is 7.64. The highest BCUT2D eigenvalue weighted by atomic mass is 16.6. The number of ketones is 1. The summed E-state index contributed by atoms with van der Waals surface area (Å²) in [5.41, 5.74) is 1.10. The van der Waals surface area contributed by atoms with Crippen molar-refractivity contribution in [2.24, 2.45) is 0 Å². The van der Waals surface area contributed by atoms with Gasteiger partial charge in [-0.3, -0.25) is 4.79 Å². The molecule has 5 nitrogen and oxygen atoms in total. The summed E-state index contributed by atoms with van der Waals surface area (Å²) in [7, 11) is 0. The molecule has 1 aliphatic heterocycles. The fraction of sp³-hybridized carbons (Fsp3) is 0.529. The Morgan fingerprint density at radius 1 is 1.27 bits per heavy atom. The molecule has 0 unspecified atom stereocenters.